The minimum Gasteiger partial charge on any atom is -0.347 e. The molecule has 0 bridgehead atoms. The van der Waals surface area contributed by atoms with Gasteiger partial charge in [-0.25, -0.2) is 0 Å². The van der Waals surface area contributed by atoms with E-state index in [1.54, 1.807) is 0 Å². The van der Waals surface area contributed by atoms with Gasteiger partial charge < -0.3 is 10.6 Å². The lowest BCUT2D eigenvalue weighted by atomic mass is 10.00. The first-order valence-electron chi connectivity index (χ1n) is 7.98. The number of halogens is 1. The second-order valence-corrected chi connectivity index (χ2v) is 7.49. The molecular formula is C16H25ClN4OS. The van der Waals surface area contributed by atoms with Crippen LogP contribution in [0.5, 0.6) is 0 Å². The number of hydrogen-bond donors (Lipinski definition) is 2. The fourth-order valence-electron chi connectivity index (χ4n) is 3.09. The molecule has 1 aliphatic heterocycles. The number of nitrogens with one attached hydrogen (secondary N) is 2. The fraction of sp³-hybridized carbons (Fsp3) is 0.625. The van der Waals surface area contributed by atoms with Crippen LogP contribution in [0, 0.1) is 0 Å². The lowest BCUT2D eigenvalue weighted by molar-refractivity contribution is 0.0924. The molecule has 3 rings (SSSR count). The maximum Gasteiger partial charge on any atom is 0.261 e. The van der Waals surface area contributed by atoms with Gasteiger partial charge in [0, 0.05) is 24.5 Å². The lowest BCUT2D eigenvalue weighted by Crippen LogP contribution is -2.51. The summed E-state index contributed by atoms with van der Waals surface area (Å²) in [6, 6.07) is 2.55. The Morgan fingerprint density at radius 3 is 2.91 bits per heavy atom. The van der Waals surface area contributed by atoms with Crippen molar-refractivity contribution in [3.8, 4) is 0 Å². The summed E-state index contributed by atoms with van der Waals surface area (Å²) in [6.45, 7) is 7.44. The van der Waals surface area contributed by atoms with E-state index in [1.165, 1.54) is 11.3 Å². The fourth-order valence-corrected chi connectivity index (χ4v) is 4.07. The average molecular weight is 357 g/mol. The van der Waals surface area contributed by atoms with Gasteiger partial charge in [-0.05, 0) is 38.3 Å². The maximum absolute atomic E-state index is 12.6. The Balaban J connectivity index is 0.00000192. The van der Waals surface area contributed by atoms with Crippen molar-refractivity contribution < 1.29 is 4.79 Å². The number of nitrogens with zero attached hydrogens (tertiary/aromatic N) is 2. The second kappa shape index (κ2) is 7.20. The predicted octanol–water partition coefficient (Wildman–Crippen LogP) is 3.05. The highest BCUT2D eigenvalue weighted by Crippen LogP contribution is 2.31. The molecular weight excluding hydrogens is 332 g/mol. The molecule has 2 atom stereocenters. The third-order valence-corrected chi connectivity index (χ3v) is 5.59. The summed E-state index contributed by atoms with van der Waals surface area (Å²) in [5.74, 6) is 0.397. The molecule has 5 nitrogen and oxygen atoms in total. The zero-order valence-corrected chi connectivity index (χ0v) is 15.7. The molecule has 2 unspecified atom stereocenters. The molecule has 0 aromatic carbocycles. The van der Waals surface area contributed by atoms with Gasteiger partial charge in [0.15, 0.2) is 0 Å². The van der Waals surface area contributed by atoms with Crippen molar-refractivity contribution >= 4 is 39.9 Å². The van der Waals surface area contributed by atoms with Crippen molar-refractivity contribution in [1.29, 1.82) is 0 Å². The summed E-state index contributed by atoms with van der Waals surface area (Å²) in [5, 5.41) is 12.3. The summed E-state index contributed by atoms with van der Waals surface area (Å²) in [7, 11) is 1.94. The zero-order chi connectivity index (χ0) is 15.9. The Labute approximate surface area is 147 Å². The van der Waals surface area contributed by atoms with E-state index < -0.39 is 0 Å². The van der Waals surface area contributed by atoms with E-state index in [0.29, 0.717) is 12.0 Å². The molecule has 2 N–H and O–H groups in total. The highest BCUT2D eigenvalue weighted by atomic mass is 35.5. The molecule has 0 saturated carbocycles. The second-order valence-electron chi connectivity index (χ2n) is 6.46. The van der Waals surface area contributed by atoms with Crippen LogP contribution in [0.4, 0.5) is 0 Å². The number of piperidine rings is 1. The Hall–Kier alpha value is -1.11. The lowest BCUT2D eigenvalue weighted by Gasteiger charge is -2.30. The number of rotatable bonds is 3. The van der Waals surface area contributed by atoms with Gasteiger partial charge in [-0.2, -0.15) is 5.10 Å². The van der Waals surface area contributed by atoms with Gasteiger partial charge in [-0.3, -0.25) is 9.48 Å². The van der Waals surface area contributed by atoms with Crippen LogP contribution in [0.25, 0.3) is 10.2 Å². The van der Waals surface area contributed by atoms with Crippen molar-refractivity contribution in [2.75, 3.05) is 6.54 Å². The van der Waals surface area contributed by atoms with E-state index in [4.69, 9.17) is 0 Å². The number of aryl methyl sites for hydroxylation is 1. The van der Waals surface area contributed by atoms with Crippen LogP contribution in [-0.4, -0.2) is 34.3 Å². The Kier molecular flexibility index (Phi) is 5.70. The summed E-state index contributed by atoms with van der Waals surface area (Å²) in [6.07, 6.45) is 2.16. The van der Waals surface area contributed by atoms with Gasteiger partial charge in [0.05, 0.1) is 10.6 Å². The highest BCUT2D eigenvalue weighted by molar-refractivity contribution is 7.20. The third-order valence-electron chi connectivity index (χ3n) is 4.39. The molecule has 3 heterocycles. The molecule has 7 heteroatoms. The molecule has 0 spiro atoms. The third kappa shape index (κ3) is 3.54. The summed E-state index contributed by atoms with van der Waals surface area (Å²) >= 11 is 1.53. The van der Waals surface area contributed by atoms with Crippen LogP contribution < -0.4 is 10.6 Å². The molecule has 1 fully saturated rings. The molecule has 2 aromatic heterocycles. The standard InChI is InChI=1S/C16H24N4OS.ClH/c1-9(2)14-11-8-13(22-16(11)20(4)19-14)15(21)18-12-6-5-7-17-10(12)3;/h8-10,12,17H,5-7H2,1-4H3,(H,18,21);1H. The van der Waals surface area contributed by atoms with E-state index >= 15 is 0 Å². The highest BCUT2D eigenvalue weighted by Gasteiger charge is 2.24. The van der Waals surface area contributed by atoms with Gasteiger partial charge in [0.25, 0.3) is 5.91 Å². The average Bonchev–Trinajstić information content (AvgIpc) is 3.02. The largest absolute Gasteiger partial charge is 0.347 e. The number of carbonyl (C=O) groups excluding carboxylic acids is 1. The molecule has 128 valence electrons. The van der Waals surface area contributed by atoms with Crippen LogP contribution >= 0.6 is 23.7 Å². The molecule has 0 aliphatic carbocycles. The first kappa shape index (κ1) is 18.2. The van der Waals surface area contributed by atoms with Crippen molar-refractivity contribution in [3.05, 3.63) is 16.6 Å². The van der Waals surface area contributed by atoms with Crippen molar-refractivity contribution in [2.24, 2.45) is 7.05 Å². The minimum atomic E-state index is 0. The number of fused-ring (bicyclic) bond motifs is 1. The summed E-state index contributed by atoms with van der Waals surface area (Å²) < 4.78 is 1.89. The zero-order valence-electron chi connectivity index (χ0n) is 14.0. The van der Waals surface area contributed by atoms with Crippen LogP contribution in [-0.2, 0) is 7.05 Å². The number of hydrogen-bond acceptors (Lipinski definition) is 4. The van der Waals surface area contributed by atoms with Gasteiger partial charge >= 0.3 is 0 Å². The minimum absolute atomic E-state index is 0. The molecule has 1 aliphatic rings. The number of carbonyl (C=O) groups is 1. The van der Waals surface area contributed by atoms with E-state index in [2.05, 4.69) is 36.5 Å². The number of thiophene rings is 1. The van der Waals surface area contributed by atoms with Crippen LogP contribution in [0.2, 0.25) is 0 Å². The first-order valence-corrected chi connectivity index (χ1v) is 8.79. The number of aromatic nitrogens is 2. The van der Waals surface area contributed by atoms with Crippen LogP contribution in [0.3, 0.4) is 0 Å². The van der Waals surface area contributed by atoms with E-state index in [9.17, 15) is 4.79 Å². The van der Waals surface area contributed by atoms with Gasteiger partial charge in [-0.1, -0.05) is 13.8 Å². The van der Waals surface area contributed by atoms with E-state index in [1.807, 2.05) is 17.8 Å². The maximum atomic E-state index is 12.6. The Bertz CT molecular complexity index is 694. The Morgan fingerprint density at radius 1 is 1.52 bits per heavy atom. The molecule has 1 saturated heterocycles. The molecule has 2 aromatic rings. The molecule has 23 heavy (non-hydrogen) atoms. The van der Waals surface area contributed by atoms with Crippen molar-refractivity contribution in [1.82, 2.24) is 20.4 Å². The van der Waals surface area contributed by atoms with E-state index in [0.717, 1.165) is 40.2 Å². The van der Waals surface area contributed by atoms with Gasteiger partial charge in [-0.15, -0.1) is 23.7 Å². The first-order chi connectivity index (χ1) is 10.5. The normalized spacial score (nSPS) is 21.4. The SMILES string of the molecule is CC(C)c1nn(C)c2sc(C(=O)NC3CCCNC3C)cc12.Cl. The smallest absolute Gasteiger partial charge is 0.261 e. The van der Waals surface area contributed by atoms with Crippen LogP contribution in [0.1, 0.15) is 54.9 Å². The predicted molar refractivity (Wildman–Crippen MR) is 97.9 cm³/mol. The topological polar surface area (TPSA) is 59.0 Å². The molecule has 0 radical (unpaired) electrons. The van der Waals surface area contributed by atoms with Gasteiger partial charge in [0.2, 0.25) is 0 Å². The van der Waals surface area contributed by atoms with Crippen molar-refractivity contribution in [3.63, 3.8) is 0 Å². The van der Waals surface area contributed by atoms with Crippen LogP contribution in [0.15, 0.2) is 6.07 Å². The molecule has 1 amide bonds. The Morgan fingerprint density at radius 2 is 2.26 bits per heavy atom. The van der Waals surface area contributed by atoms with Crippen molar-refractivity contribution in [2.45, 2.75) is 51.6 Å². The summed E-state index contributed by atoms with van der Waals surface area (Å²) in [4.78, 5) is 14.4. The monoisotopic (exact) mass is 356 g/mol. The quantitative estimate of drug-likeness (QED) is 0.888. The number of amides is 1. The van der Waals surface area contributed by atoms with E-state index in [-0.39, 0.29) is 24.4 Å². The summed E-state index contributed by atoms with van der Waals surface area (Å²) in [5.41, 5.74) is 1.07. The van der Waals surface area contributed by atoms with Gasteiger partial charge in [0.1, 0.15) is 4.83 Å².